The van der Waals surface area contributed by atoms with Crippen LogP contribution in [-0.4, -0.2) is 16.2 Å². The Morgan fingerprint density at radius 2 is 2.21 bits per heavy atom. The summed E-state index contributed by atoms with van der Waals surface area (Å²) in [7, 11) is 0. The zero-order valence-corrected chi connectivity index (χ0v) is 11.1. The average molecular weight is 321 g/mol. The summed E-state index contributed by atoms with van der Waals surface area (Å²) in [4.78, 5) is 4.22. The molecular weight excluding hydrogens is 310 g/mol. The van der Waals surface area contributed by atoms with E-state index in [0.717, 1.165) is 20.2 Å². The Kier molecular flexibility index (Phi) is 4.29. The van der Waals surface area contributed by atoms with Crippen LogP contribution < -0.4 is 0 Å². The Balaban J connectivity index is 3.03. The van der Waals surface area contributed by atoms with E-state index in [1.807, 2.05) is 19.1 Å². The lowest BCUT2D eigenvalue weighted by atomic mass is 10.1. The molecule has 1 atom stereocenters. The summed E-state index contributed by atoms with van der Waals surface area (Å²) in [6.07, 6.45) is 3.15. The van der Waals surface area contributed by atoms with E-state index in [-0.39, 0.29) is 0 Å². The van der Waals surface area contributed by atoms with Gasteiger partial charge in [0.25, 0.3) is 0 Å². The van der Waals surface area contributed by atoms with Crippen LogP contribution in [0.5, 0.6) is 0 Å². The van der Waals surface area contributed by atoms with E-state index < -0.39 is 6.10 Å². The fourth-order valence-electron chi connectivity index (χ4n) is 0.868. The lowest BCUT2D eigenvalue weighted by molar-refractivity contribution is 0.232. The monoisotopic (exact) mass is 319 g/mol. The van der Waals surface area contributed by atoms with Crippen molar-refractivity contribution in [3.63, 3.8) is 0 Å². The molecule has 14 heavy (non-hydrogen) atoms. The maximum Gasteiger partial charge on any atom is 0.0772 e. The second kappa shape index (κ2) is 5.05. The van der Waals surface area contributed by atoms with Crippen LogP contribution >= 0.6 is 31.9 Å². The first-order valence-electron chi connectivity index (χ1n) is 4.18. The third-order valence-corrected chi connectivity index (χ3v) is 2.93. The van der Waals surface area contributed by atoms with E-state index in [9.17, 15) is 5.11 Å². The molecule has 0 aromatic carbocycles. The lowest BCUT2D eigenvalue weighted by Crippen LogP contribution is -2.00. The molecule has 1 heterocycles. The first kappa shape index (κ1) is 11.9. The molecule has 1 aromatic rings. The average Bonchev–Trinajstić information content (AvgIpc) is 2.09. The van der Waals surface area contributed by atoms with Gasteiger partial charge in [0.1, 0.15) is 0 Å². The zero-order valence-electron chi connectivity index (χ0n) is 7.96. The summed E-state index contributed by atoms with van der Waals surface area (Å²) in [6.45, 7) is 3.61. The molecule has 0 saturated heterocycles. The highest BCUT2D eigenvalue weighted by Crippen LogP contribution is 2.21. The molecule has 0 bridgehead atoms. The molecule has 1 unspecified atom stereocenters. The Morgan fingerprint density at radius 1 is 1.57 bits per heavy atom. The highest BCUT2D eigenvalue weighted by Gasteiger charge is 2.02. The summed E-state index contributed by atoms with van der Waals surface area (Å²) in [5.41, 5.74) is 1.71. The number of rotatable bonds is 2. The van der Waals surface area contributed by atoms with E-state index >= 15 is 0 Å². The molecule has 2 nitrogen and oxygen atoms in total. The third-order valence-electron chi connectivity index (χ3n) is 1.86. The van der Waals surface area contributed by atoms with Crippen molar-refractivity contribution in [2.75, 3.05) is 0 Å². The number of hydrogen-bond donors (Lipinski definition) is 1. The number of aromatic nitrogens is 1. The Labute approximate surface area is 100 Å². The zero-order chi connectivity index (χ0) is 10.7. The van der Waals surface area contributed by atoms with Gasteiger partial charge in [0, 0.05) is 15.1 Å². The van der Waals surface area contributed by atoms with Gasteiger partial charge in [-0.1, -0.05) is 0 Å². The van der Waals surface area contributed by atoms with Gasteiger partial charge in [-0.05, 0) is 63.4 Å². The van der Waals surface area contributed by atoms with Gasteiger partial charge in [-0.2, -0.15) is 0 Å². The molecule has 0 aliphatic heterocycles. The molecule has 1 aromatic heterocycles. The first-order valence-corrected chi connectivity index (χ1v) is 5.76. The number of aliphatic hydroxyl groups is 1. The van der Waals surface area contributed by atoms with Crippen molar-refractivity contribution in [2.24, 2.45) is 0 Å². The SMILES string of the molecule is CC(=Cc1ncc(Br)cc1Br)C(C)O. The van der Waals surface area contributed by atoms with Crippen molar-refractivity contribution in [1.82, 2.24) is 4.98 Å². The molecule has 0 saturated carbocycles. The highest BCUT2D eigenvalue weighted by molar-refractivity contribution is 9.11. The van der Waals surface area contributed by atoms with Crippen LogP contribution in [0.15, 0.2) is 26.8 Å². The van der Waals surface area contributed by atoms with Crippen LogP contribution in [0, 0.1) is 0 Å². The van der Waals surface area contributed by atoms with Gasteiger partial charge in [0.15, 0.2) is 0 Å². The van der Waals surface area contributed by atoms with Crippen LogP contribution in [0.3, 0.4) is 0 Å². The predicted octanol–water partition coefficient (Wildman–Crippen LogP) is 3.39. The maximum atomic E-state index is 9.31. The molecule has 1 N–H and O–H groups in total. The second-order valence-corrected chi connectivity index (χ2v) is 4.85. The minimum Gasteiger partial charge on any atom is -0.389 e. The standard InChI is InChI=1S/C10H11Br2NO/c1-6(7(2)14)3-10-9(12)4-8(11)5-13-10/h3-5,7,14H,1-2H3. The molecule has 0 aliphatic carbocycles. The van der Waals surface area contributed by atoms with Crippen molar-refractivity contribution >= 4 is 37.9 Å². The number of hydrogen-bond acceptors (Lipinski definition) is 2. The van der Waals surface area contributed by atoms with Crippen molar-refractivity contribution in [2.45, 2.75) is 20.0 Å². The first-order chi connectivity index (χ1) is 6.50. The van der Waals surface area contributed by atoms with E-state index in [2.05, 4.69) is 36.8 Å². The summed E-state index contributed by atoms with van der Waals surface area (Å²) < 4.78 is 1.84. The Morgan fingerprint density at radius 3 is 2.71 bits per heavy atom. The van der Waals surface area contributed by atoms with Gasteiger partial charge >= 0.3 is 0 Å². The van der Waals surface area contributed by atoms with Crippen LogP contribution in [-0.2, 0) is 0 Å². The number of nitrogens with zero attached hydrogens (tertiary/aromatic N) is 1. The van der Waals surface area contributed by atoms with Gasteiger partial charge < -0.3 is 5.11 Å². The topological polar surface area (TPSA) is 33.1 Å². The molecule has 4 heteroatoms. The Hall–Kier alpha value is -0.190. The van der Waals surface area contributed by atoms with Gasteiger partial charge in [0.05, 0.1) is 11.8 Å². The molecule has 0 radical (unpaired) electrons. The van der Waals surface area contributed by atoms with Crippen molar-refractivity contribution in [1.29, 1.82) is 0 Å². The quantitative estimate of drug-likeness (QED) is 0.906. The molecule has 0 amide bonds. The molecule has 0 fully saturated rings. The smallest absolute Gasteiger partial charge is 0.0772 e. The molecule has 0 aliphatic rings. The van der Waals surface area contributed by atoms with Crippen LogP contribution in [0.2, 0.25) is 0 Å². The van der Waals surface area contributed by atoms with E-state index in [1.165, 1.54) is 0 Å². The lowest BCUT2D eigenvalue weighted by Gasteiger charge is -2.05. The second-order valence-electron chi connectivity index (χ2n) is 3.08. The summed E-state index contributed by atoms with van der Waals surface area (Å²) in [6, 6.07) is 1.92. The van der Waals surface area contributed by atoms with E-state index in [4.69, 9.17) is 0 Å². The van der Waals surface area contributed by atoms with Crippen molar-refractivity contribution < 1.29 is 5.11 Å². The fraction of sp³-hybridized carbons (Fsp3) is 0.300. The minimum atomic E-state index is -0.438. The predicted molar refractivity (Wildman–Crippen MR) is 65.0 cm³/mol. The number of aliphatic hydroxyl groups excluding tert-OH is 1. The maximum absolute atomic E-state index is 9.31. The summed E-state index contributed by atoms with van der Waals surface area (Å²) in [5, 5.41) is 9.31. The fourth-order valence-corrected chi connectivity index (χ4v) is 1.97. The van der Waals surface area contributed by atoms with E-state index in [0.29, 0.717) is 0 Å². The van der Waals surface area contributed by atoms with Gasteiger partial charge in [-0.3, -0.25) is 4.98 Å². The van der Waals surface area contributed by atoms with Gasteiger partial charge in [-0.25, -0.2) is 0 Å². The van der Waals surface area contributed by atoms with Gasteiger partial charge in [0.2, 0.25) is 0 Å². The molecule has 0 spiro atoms. The number of halogens is 2. The Bertz CT molecular complexity index is 361. The van der Waals surface area contributed by atoms with Crippen LogP contribution in [0.25, 0.3) is 6.08 Å². The molecule has 76 valence electrons. The largest absolute Gasteiger partial charge is 0.389 e. The van der Waals surface area contributed by atoms with Gasteiger partial charge in [-0.15, -0.1) is 0 Å². The summed E-state index contributed by atoms with van der Waals surface area (Å²) >= 11 is 6.73. The molecular formula is C10H11Br2NO. The van der Waals surface area contributed by atoms with Crippen molar-refractivity contribution in [3.8, 4) is 0 Å². The number of pyridine rings is 1. The van der Waals surface area contributed by atoms with E-state index in [1.54, 1.807) is 13.1 Å². The molecule has 1 rings (SSSR count). The normalized spacial score (nSPS) is 14.2. The van der Waals surface area contributed by atoms with Crippen molar-refractivity contribution in [3.05, 3.63) is 32.5 Å². The third kappa shape index (κ3) is 3.19. The van der Waals surface area contributed by atoms with Crippen LogP contribution in [0.4, 0.5) is 0 Å². The highest BCUT2D eigenvalue weighted by atomic mass is 79.9. The minimum absolute atomic E-state index is 0.438. The van der Waals surface area contributed by atoms with Crippen LogP contribution in [0.1, 0.15) is 19.5 Å². The summed E-state index contributed by atoms with van der Waals surface area (Å²) in [5.74, 6) is 0.